The molecule has 0 unspecified atom stereocenters. The van der Waals surface area contributed by atoms with Crippen molar-refractivity contribution in [2.45, 2.75) is 18.9 Å². The zero-order valence-corrected chi connectivity index (χ0v) is 18.8. The Labute approximate surface area is 186 Å². The van der Waals surface area contributed by atoms with Crippen LogP contribution < -0.4 is 0 Å². The third-order valence-electron chi connectivity index (χ3n) is 4.47. The molecule has 0 bridgehead atoms. The monoisotopic (exact) mass is 478 g/mol. The molecule has 1 aliphatic heterocycles. The molecule has 1 aliphatic rings. The van der Waals surface area contributed by atoms with Gasteiger partial charge in [-0.15, -0.1) is 0 Å². The van der Waals surface area contributed by atoms with E-state index < -0.39 is 16.2 Å². The van der Waals surface area contributed by atoms with Crippen LogP contribution in [-0.2, 0) is 23.9 Å². The van der Waals surface area contributed by atoms with Crippen LogP contribution in [0.1, 0.15) is 18.4 Å². The van der Waals surface area contributed by atoms with Gasteiger partial charge >= 0.3 is 0 Å². The number of halogens is 2. The van der Waals surface area contributed by atoms with Crippen LogP contribution in [0.4, 0.5) is 0 Å². The van der Waals surface area contributed by atoms with Crippen molar-refractivity contribution in [2.24, 2.45) is 0 Å². The molecule has 2 amide bonds. The molecule has 1 aromatic rings. The summed E-state index contributed by atoms with van der Waals surface area (Å²) in [7, 11) is -3.63. The third-order valence-corrected chi connectivity index (χ3v) is 5.77. The van der Waals surface area contributed by atoms with Gasteiger partial charge in [0.15, 0.2) is 0 Å². The van der Waals surface area contributed by atoms with Gasteiger partial charge in [-0.1, -0.05) is 29.3 Å². The molecular formula is C19H24Cl2N2O6S. The molecule has 30 heavy (non-hydrogen) atoms. The zero-order valence-electron chi connectivity index (χ0n) is 16.5. The summed E-state index contributed by atoms with van der Waals surface area (Å²) in [6, 6.07) is 5.04. The fourth-order valence-electron chi connectivity index (χ4n) is 2.80. The molecule has 0 aliphatic carbocycles. The second kappa shape index (κ2) is 11.1. The van der Waals surface area contributed by atoms with Gasteiger partial charge in [0.2, 0.25) is 11.8 Å². The average Bonchev–Trinajstić information content (AvgIpc) is 2.86. The number of amides is 2. The van der Waals surface area contributed by atoms with Crippen LogP contribution in [0.2, 0.25) is 10.0 Å². The number of hydrogen-bond donors (Lipinski definition) is 1. The molecule has 1 N–H and O–H groups in total. The van der Waals surface area contributed by atoms with E-state index in [4.69, 9.17) is 23.2 Å². The van der Waals surface area contributed by atoms with Crippen molar-refractivity contribution in [1.82, 2.24) is 9.80 Å². The van der Waals surface area contributed by atoms with Crippen molar-refractivity contribution in [3.05, 3.63) is 39.9 Å². The van der Waals surface area contributed by atoms with Crippen LogP contribution in [0.15, 0.2) is 24.3 Å². The molecule has 166 valence electrons. The van der Waals surface area contributed by atoms with Crippen LogP contribution in [0.5, 0.6) is 0 Å². The number of hydrogen-bond acceptors (Lipinski definition) is 6. The Morgan fingerprint density at radius 3 is 2.67 bits per heavy atom. The molecule has 0 aromatic heterocycles. The van der Waals surface area contributed by atoms with E-state index in [0.29, 0.717) is 29.7 Å². The second-order valence-electron chi connectivity index (χ2n) is 6.89. The Bertz CT molecular complexity index is 906. The van der Waals surface area contributed by atoms with Crippen LogP contribution in [0.3, 0.4) is 0 Å². The van der Waals surface area contributed by atoms with Gasteiger partial charge in [-0.25, -0.2) is 0 Å². The van der Waals surface area contributed by atoms with Crippen LogP contribution in [-0.4, -0.2) is 80.3 Å². The minimum absolute atomic E-state index is 0.130. The molecule has 0 saturated carbocycles. The first-order valence-corrected chi connectivity index (χ1v) is 11.8. The fraction of sp³-hybridized carbons (Fsp3) is 0.474. The molecular weight excluding hydrogens is 455 g/mol. The number of carbonyl (C=O) groups is 2. The summed E-state index contributed by atoms with van der Waals surface area (Å²) < 4.78 is 26.5. The minimum atomic E-state index is -3.63. The van der Waals surface area contributed by atoms with E-state index in [1.54, 1.807) is 34.1 Å². The van der Waals surface area contributed by atoms with Gasteiger partial charge in [-0.3, -0.25) is 13.8 Å². The Hall–Kier alpha value is -1.65. The van der Waals surface area contributed by atoms with Crippen molar-refractivity contribution in [1.29, 1.82) is 0 Å². The highest BCUT2D eigenvalue weighted by atomic mass is 35.5. The van der Waals surface area contributed by atoms with Crippen molar-refractivity contribution in [3.63, 3.8) is 0 Å². The lowest BCUT2D eigenvalue weighted by molar-refractivity contribution is -0.130. The highest BCUT2D eigenvalue weighted by molar-refractivity contribution is 7.85. The summed E-state index contributed by atoms with van der Waals surface area (Å²) >= 11 is 11.8. The molecule has 1 atom stereocenters. The Morgan fingerprint density at radius 2 is 2.00 bits per heavy atom. The normalized spacial score (nSPS) is 16.7. The summed E-state index contributed by atoms with van der Waals surface area (Å²) in [4.78, 5) is 27.9. The van der Waals surface area contributed by atoms with E-state index in [1.165, 1.54) is 6.08 Å². The first kappa shape index (κ1) is 24.6. The maximum atomic E-state index is 12.5. The first-order valence-electron chi connectivity index (χ1n) is 9.27. The van der Waals surface area contributed by atoms with E-state index in [0.717, 1.165) is 11.8 Å². The van der Waals surface area contributed by atoms with Crippen LogP contribution in [0, 0.1) is 0 Å². The summed E-state index contributed by atoms with van der Waals surface area (Å²) in [5.74, 6) is -0.354. The molecule has 0 spiro atoms. The van der Waals surface area contributed by atoms with Gasteiger partial charge < -0.3 is 14.9 Å². The summed E-state index contributed by atoms with van der Waals surface area (Å²) in [5.41, 5.74) is 0.732. The number of nitrogens with zero attached hydrogens (tertiary/aromatic N) is 2. The number of aliphatic hydroxyl groups is 1. The lowest BCUT2D eigenvalue weighted by Crippen LogP contribution is -2.37. The van der Waals surface area contributed by atoms with E-state index in [2.05, 4.69) is 4.18 Å². The number of benzene rings is 1. The summed E-state index contributed by atoms with van der Waals surface area (Å²) in [5, 5.41) is 10.7. The third kappa shape index (κ3) is 8.23. The summed E-state index contributed by atoms with van der Waals surface area (Å²) in [6.45, 7) is 0.857. The minimum Gasteiger partial charge on any atom is -0.391 e. The predicted molar refractivity (Wildman–Crippen MR) is 115 cm³/mol. The molecule has 1 aromatic carbocycles. The molecule has 11 heteroatoms. The highest BCUT2D eigenvalue weighted by Crippen LogP contribution is 2.23. The lowest BCUT2D eigenvalue weighted by atomic mass is 10.2. The smallest absolute Gasteiger partial charge is 0.264 e. The quantitative estimate of drug-likeness (QED) is 0.451. The molecule has 2 rings (SSSR count). The fourth-order valence-corrected chi connectivity index (χ4v) is 3.51. The van der Waals surface area contributed by atoms with Crippen LogP contribution >= 0.6 is 23.2 Å². The molecule has 0 radical (unpaired) electrons. The number of rotatable bonds is 8. The zero-order chi connectivity index (χ0) is 22.3. The average molecular weight is 479 g/mol. The molecule has 8 nitrogen and oxygen atoms in total. The van der Waals surface area contributed by atoms with Crippen molar-refractivity contribution in [2.75, 3.05) is 39.0 Å². The Kier molecular flexibility index (Phi) is 9.11. The second-order valence-corrected chi connectivity index (χ2v) is 9.35. The number of aliphatic hydroxyl groups excluding tert-OH is 1. The van der Waals surface area contributed by atoms with Crippen molar-refractivity contribution >= 4 is 51.2 Å². The topological polar surface area (TPSA) is 104 Å². The maximum Gasteiger partial charge on any atom is 0.264 e. The van der Waals surface area contributed by atoms with Gasteiger partial charge in [-0.05, 0) is 30.2 Å². The predicted octanol–water partition coefficient (Wildman–Crippen LogP) is 1.79. The lowest BCUT2D eigenvalue weighted by Gasteiger charge is -2.22. The molecule has 1 heterocycles. The highest BCUT2D eigenvalue weighted by Gasteiger charge is 2.23. The summed E-state index contributed by atoms with van der Waals surface area (Å²) in [6.07, 6.45) is 3.29. The standard InChI is InChI=1S/C19H24Cl2N2O6S/c1-30(27,28)29-13-15(24)6-8-22-10-11-23(9-7-19(22)26)18(25)5-3-14-2-4-16(20)17(21)12-14/h2-5,12,15,24H,6-11,13H2,1H3/t15-/m0/s1. The van der Waals surface area contributed by atoms with Gasteiger partial charge in [0.05, 0.1) is 29.0 Å². The van der Waals surface area contributed by atoms with Gasteiger partial charge in [0.25, 0.3) is 10.1 Å². The van der Waals surface area contributed by atoms with Crippen molar-refractivity contribution in [3.8, 4) is 0 Å². The Balaban J connectivity index is 1.86. The van der Waals surface area contributed by atoms with E-state index >= 15 is 0 Å². The molecule has 1 saturated heterocycles. The molecule has 1 fully saturated rings. The van der Waals surface area contributed by atoms with Gasteiger partial charge in [0, 0.05) is 38.7 Å². The van der Waals surface area contributed by atoms with Gasteiger partial charge in [0.1, 0.15) is 0 Å². The van der Waals surface area contributed by atoms with E-state index in [-0.39, 0.29) is 37.8 Å². The Morgan fingerprint density at radius 1 is 1.27 bits per heavy atom. The van der Waals surface area contributed by atoms with E-state index in [9.17, 15) is 23.1 Å². The van der Waals surface area contributed by atoms with Crippen LogP contribution in [0.25, 0.3) is 6.08 Å². The largest absolute Gasteiger partial charge is 0.391 e. The maximum absolute atomic E-state index is 12.5. The first-order chi connectivity index (χ1) is 14.0. The number of carbonyl (C=O) groups excluding carboxylic acids is 2. The van der Waals surface area contributed by atoms with E-state index in [1.807, 2.05) is 0 Å². The van der Waals surface area contributed by atoms with Crippen molar-refractivity contribution < 1.29 is 27.3 Å². The van der Waals surface area contributed by atoms with Gasteiger partial charge in [-0.2, -0.15) is 8.42 Å². The SMILES string of the molecule is CS(=O)(=O)OC[C@@H](O)CCN1CCN(C(=O)C=Cc2ccc(Cl)c(Cl)c2)CCC1=O.